The number of anilines is 1. The molecule has 0 saturated carbocycles. The van der Waals surface area contributed by atoms with Crippen molar-refractivity contribution in [1.82, 2.24) is 5.32 Å². The highest BCUT2D eigenvalue weighted by molar-refractivity contribution is 9.10. The molecule has 3 aromatic rings. The van der Waals surface area contributed by atoms with E-state index < -0.39 is 11.9 Å². The molecule has 1 unspecified atom stereocenters. The second-order valence-corrected chi connectivity index (χ2v) is 7.16. The van der Waals surface area contributed by atoms with Crippen molar-refractivity contribution in [3.8, 4) is 0 Å². The predicted molar refractivity (Wildman–Crippen MR) is 111 cm³/mol. The van der Waals surface area contributed by atoms with Crippen LogP contribution >= 0.6 is 15.9 Å². The van der Waals surface area contributed by atoms with Gasteiger partial charge in [-0.2, -0.15) is 0 Å². The first kappa shape index (κ1) is 19.8. The summed E-state index contributed by atoms with van der Waals surface area (Å²) in [5, 5.41) is 5.56. The Labute approximate surface area is 170 Å². The molecule has 142 valence electrons. The van der Waals surface area contributed by atoms with E-state index in [-0.39, 0.29) is 11.8 Å². The van der Waals surface area contributed by atoms with Crippen molar-refractivity contribution in [2.75, 3.05) is 5.32 Å². The lowest BCUT2D eigenvalue weighted by Crippen LogP contribution is -2.30. The van der Waals surface area contributed by atoms with Crippen molar-refractivity contribution in [2.24, 2.45) is 0 Å². The fraction of sp³-hybridized carbons (Fsp3) is 0.0909. The van der Waals surface area contributed by atoms with Crippen LogP contribution in [0.2, 0.25) is 0 Å². The van der Waals surface area contributed by atoms with Crippen LogP contribution in [-0.4, -0.2) is 11.8 Å². The molecule has 0 aliphatic carbocycles. The fourth-order valence-corrected chi connectivity index (χ4v) is 3.18. The first-order chi connectivity index (χ1) is 13.4. The Bertz CT molecular complexity index is 991. The Morgan fingerprint density at radius 2 is 1.64 bits per heavy atom. The quantitative estimate of drug-likeness (QED) is 0.581. The second kappa shape index (κ2) is 8.80. The third-order valence-corrected chi connectivity index (χ3v) is 4.64. The standard InChI is InChI=1S/C22H18BrFN2O2/c1-14(27)25-18-10-7-16(8-11-18)22(28)26-21(15-5-3-2-4-6-15)19-12-9-17(23)13-20(19)24/h2-13,21H,1H3,(H,25,27)(H,26,28). The van der Waals surface area contributed by atoms with Crippen LogP contribution in [0.15, 0.2) is 77.3 Å². The predicted octanol–water partition coefficient (Wildman–Crippen LogP) is 5.07. The maximum atomic E-state index is 14.6. The summed E-state index contributed by atoms with van der Waals surface area (Å²) in [7, 11) is 0. The maximum Gasteiger partial charge on any atom is 0.252 e. The van der Waals surface area contributed by atoms with Gasteiger partial charge >= 0.3 is 0 Å². The molecule has 3 aromatic carbocycles. The lowest BCUT2D eigenvalue weighted by Gasteiger charge is -2.21. The van der Waals surface area contributed by atoms with Crippen LogP contribution in [0.1, 0.15) is 34.5 Å². The molecule has 0 radical (unpaired) electrons. The molecular weight excluding hydrogens is 423 g/mol. The Hall–Kier alpha value is -2.99. The van der Waals surface area contributed by atoms with Crippen molar-refractivity contribution in [3.05, 3.63) is 99.8 Å². The van der Waals surface area contributed by atoms with E-state index in [1.165, 1.54) is 13.0 Å². The molecule has 0 aliphatic rings. The van der Waals surface area contributed by atoms with E-state index in [0.717, 1.165) is 5.56 Å². The molecule has 1 atom stereocenters. The van der Waals surface area contributed by atoms with E-state index in [0.29, 0.717) is 21.3 Å². The van der Waals surface area contributed by atoms with E-state index in [1.807, 2.05) is 30.3 Å². The SMILES string of the molecule is CC(=O)Nc1ccc(C(=O)NC(c2ccccc2)c2ccc(Br)cc2F)cc1. The topological polar surface area (TPSA) is 58.2 Å². The third-order valence-electron chi connectivity index (χ3n) is 4.15. The van der Waals surface area contributed by atoms with Crippen LogP contribution < -0.4 is 10.6 Å². The summed E-state index contributed by atoms with van der Waals surface area (Å²) in [6.07, 6.45) is 0. The van der Waals surface area contributed by atoms with Gasteiger partial charge in [-0.25, -0.2) is 4.39 Å². The minimum absolute atomic E-state index is 0.188. The lowest BCUT2D eigenvalue weighted by atomic mass is 9.97. The molecule has 3 rings (SSSR count). The van der Waals surface area contributed by atoms with Crippen molar-refractivity contribution in [2.45, 2.75) is 13.0 Å². The van der Waals surface area contributed by atoms with Gasteiger partial charge in [0.2, 0.25) is 5.91 Å². The number of rotatable bonds is 5. The summed E-state index contributed by atoms with van der Waals surface area (Å²) in [5.41, 5.74) is 2.15. The molecule has 2 amide bonds. The second-order valence-electron chi connectivity index (χ2n) is 6.24. The summed E-state index contributed by atoms with van der Waals surface area (Å²) in [5.74, 6) is -0.942. The monoisotopic (exact) mass is 440 g/mol. The molecule has 2 N–H and O–H groups in total. The molecule has 4 nitrogen and oxygen atoms in total. The van der Waals surface area contributed by atoms with Gasteiger partial charge in [0.15, 0.2) is 0 Å². The highest BCUT2D eigenvalue weighted by Crippen LogP contribution is 2.27. The number of nitrogens with one attached hydrogen (secondary N) is 2. The Balaban J connectivity index is 1.89. The summed E-state index contributed by atoms with van der Waals surface area (Å²) < 4.78 is 15.2. The van der Waals surface area contributed by atoms with E-state index in [2.05, 4.69) is 26.6 Å². The smallest absolute Gasteiger partial charge is 0.252 e. The molecule has 0 fully saturated rings. The van der Waals surface area contributed by atoms with Gasteiger partial charge in [0.25, 0.3) is 5.91 Å². The van der Waals surface area contributed by atoms with Gasteiger partial charge in [0.1, 0.15) is 5.82 Å². The average molecular weight is 441 g/mol. The number of carbonyl (C=O) groups excluding carboxylic acids is 2. The third kappa shape index (κ3) is 4.84. The molecule has 0 aromatic heterocycles. The van der Waals surface area contributed by atoms with Gasteiger partial charge in [-0.15, -0.1) is 0 Å². The molecule has 0 heterocycles. The number of halogens is 2. The maximum absolute atomic E-state index is 14.6. The van der Waals surface area contributed by atoms with Crippen LogP contribution in [-0.2, 0) is 4.79 Å². The lowest BCUT2D eigenvalue weighted by molar-refractivity contribution is -0.114. The van der Waals surface area contributed by atoms with Gasteiger partial charge < -0.3 is 10.6 Å². The van der Waals surface area contributed by atoms with Crippen LogP contribution in [0.3, 0.4) is 0 Å². The van der Waals surface area contributed by atoms with Crippen molar-refractivity contribution in [3.63, 3.8) is 0 Å². The van der Waals surface area contributed by atoms with Gasteiger partial charge in [0.05, 0.1) is 6.04 Å². The normalized spacial score (nSPS) is 11.5. The van der Waals surface area contributed by atoms with Crippen LogP contribution in [0, 0.1) is 5.82 Å². The molecule has 0 spiro atoms. The minimum Gasteiger partial charge on any atom is -0.341 e. The average Bonchev–Trinajstić information content (AvgIpc) is 2.67. The molecule has 6 heteroatoms. The van der Waals surface area contributed by atoms with E-state index in [9.17, 15) is 14.0 Å². The van der Waals surface area contributed by atoms with Gasteiger partial charge in [0, 0.05) is 28.2 Å². The van der Waals surface area contributed by atoms with Crippen LogP contribution in [0.4, 0.5) is 10.1 Å². The van der Waals surface area contributed by atoms with Crippen LogP contribution in [0.5, 0.6) is 0 Å². The number of carbonyl (C=O) groups is 2. The van der Waals surface area contributed by atoms with E-state index in [1.54, 1.807) is 36.4 Å². The van der Waals surface area contributed by atoms with Crippen molar-refractivity contribution < 1.29 is 14.0 Å². The summed E-state index contributed by atoms with van der Waals surface area (Å²) in [4.78, 5) is 23.9. The number of hydrogen-bond acceptors (Lipinski definition) is 2. The molecule has 0 bridgehead atoms. The van der Waals surface area contributed by atoms with Gasteiger partial charge in [-0.1, -0.05) is 52.3 Å². The highest BCUT2D eigenvalue weighted by atomic mass is 79.9. The van der Waals surface area contributed by atoms with E-state index >= 15 is 0 Å². The number of amides is 2. The van der Waals surface area contributed by atoms with Gasteiger partial charge in [-0.05, 0) is 42.0 Å². The molecule has 28 heavy (non-hydrogen) atoms. The number of benzene rings is 3. The first-order valence-corrected chi connectivity index (χ1v) is 9.42. The largest absolute Gasteiger partial charge is 0.341 e. The van der Waals surface area contributed by atoms with Crippen molar-refractivity contribution in [1.29, 1.82) is 0 Å². The minimum atomic E-state index is -0.642. The van der Waals surface area contributed by atoms with E-state index in [4.69, 9.17) is 0 Å². The van der Waals surface area contributed by atoms with Crippen molar-refractivity contribution >= 4 is 33.4 Å². The molecule has 0 saturated heterocycles. The summed E-state index contributed by atoms with van der Waals surface area (Å²) in [6, 6.07) is 19.9. The zero-order valence-corrected chi connectivity index (χ0v) is 16.7. The Morgan fingerprint density at radius 1 is 0.964 bits per heavy atom. The highest BCUT2D eigenvalue weighted by Gasteiger charge is 2.21. The molecular formula is C22H18BrFN2O2. The number of hydrogen-bond donors (Lipinski definition) is 2. The fourth-order valence-electron chi connectivity index (χ4n) is 2.84. The summed E-state index contributed by atoms with van der Waals surface area (Å²) in [6.45, 7) is 1.41. The zero-order chi connectivity index (χ0) is 20.1. The van der Waals surface area contributed by atoms with Gasteiger partial charge in [-0.3, -0.25) is 9.59 Å². The zero-order valence-electron chi connectivity index (χ0n) is 15.1. The molecule has 0 aliphatic heterocycles. The summed E-state index contributed by atoms with van der Waals surface area (Å²) >= 11 is 3.26. The Kier molecular flexibility index (Phi) is 6.21. The Morgan fingerprint density at radius 3 is 2.25 bits per heavy atom. The first-order valence-electron chi connectivity index (χ1n) is 8.62. The van der Waals surface area contributed by atoms with Crippen LogP contribution in [0.25, 0.3) is 0 Å².